The van der Waals surface area contributed by atoms with Crippen molar-refractivity contribution in [2.75, 3.05) is 0 Å². The zero-order chi connectivity index (χ0) is 14.8. The molecule has 0 saturated carbocycles. The molecule has 0 aromatic heterocycles. The molecule has 0 radical (unpaired) electrons. The predicted octanol–water partition coefficient (Wildman–Crippen LogP) is 1.23. The zero-order valence-electron chi connectivity index (χ0n) is 11.2. The third-order valence-corrected chi connectivity index (χ3v) is 3.21. The van der Waals surface area contributed by atoms with Crippen molar-refractivity contribution in [3.05, 3.63) is 29.3 Å². The van der Waals surface area contributed by atoms with Crippen LogP contribution in [0.15, 0.2) is 23.2 Å². The van der Waals surface area contributed by atoms with Crippen LogP contribution in [0, 0.1) is 22.8 Å². The lowest BCUT2D eigenvalue weighted by molar-refractivity contribution is -0.0566. The molecule has 0 amide bonds. The van der Waals surface area contributed by atoms with E-state index >= 15 is 0 Å². The molecule has 1 aliphatic heterocycles. The standard InChI is InChI=1S/C14H14N4O2/c1-14(2)13(19)12(18-8-17-7-16)10-5-9(6-15)3-4-11(10)20-14/h3-5,8,12-13,19H,1-2H3,(H,17,18). The second kappa shape index (κ2) is 5.20. The highest BCUT2D eigenvalue weighted by atomic mass is 16.5. The summed E-state index contributed by atoms with van der Waals surface area (Å²) < 4.78 is 5.75. The maximum Gasteiger partial charge on any atom is 0.182 e. The van der Waals surface area contributed by atoms with Gasteiger partial charge in [0.2, 0.25) is 0 Å². The first-order chi connectivity index (χ1) is 9.49. The quantitative estimate of drug-likeness (QED) is 0.364. The fraction of sp³-hybridized carbons (Fsp3) is 0.357. The molecule has 0 spiro atoms. The third-order valence-electron chi connectivity index (χ3n) is 3.21. The average molecular weight is 270 g/mol. The van der Waals surface area contributed by atoms with Crippen molar-refractivity contribution in [1.82, 2.24) is 5.32 Å². The van der Waals surface area contributed by atoms with Crippen LogP contribution < -0.4 is 10.1 Å². The molecule has 1 aromatic carbocycles. The van der Waals surface area contributed by atoms with Crippen molar-refractivity contribution in [2.24, 2.45) is 4.99 Å². The molecule has 2 rings (SSSR count). The molecule has 0 fully saturated rings. The lowest BCUT2D eigenvalue weighted by Crippen LogP contribution is -2.48. The van der Waals surface area contributed by atoms with E-state index in [0.717, 1.165) is 0 Å². The number of hydrogen-bond donors (Lipinski definition) is 2. The molecular formula is C14H14N4O2. The molecule has 0 saturated heterocycles. The topological polar surface area (TPSA) is 101 Å². The number of benzene rings is 1. The summed E-state index contributed by atoms with van der Waals surface area (Å²) >= 11 is 0. The third kappa shape index (κ3) is 2.42. The first-order valence-electron chi connectivity index (χ1n) is 6.07. The van der Waals surface area contributed by atoms with Gasteiger partial charge in [-0.15, -0.1) is 0 Å². The Morgan fingerprint density at radius 2 is 2.20 bits per heavy atom. The van der Waals surface area contributed by atoms with E-state index in [-0.39, 0.29) is 0 Å². The number of aliphatic imine (C=N–C) groups is 1. The summed E-state index contributed by atoms with van der Waals surface area (Å²) in [4.78, 5) is 4.17. The molecule has 2 atom stereocenters. The largest absolute Gasteiger partial charge is 0.485 e. The Morgan fingerprint density at radius 3 is 2.85 bits per heavy atom. The van der Waals surface area contributed by atoms with Crippen molar-refractivity contribution in [3.8, 4) is 18.0 Å². The van der Waals surface area contributed by atoms with Gasteiger partial charge in [-0.25, -0.2) is 0 Å². The highest BCUT2D eigenvalue weighted by Gasteiger charge is 2.42. The smallest absolute Gasteiger partial charge is 0.182 e. The van der Waals surface area contributed by atoms with Crippen LogP contribution in [0.2, 0.25) is 0 Å². The SMILES string of the molecule is CC1(C)Oc2ccc(C#N)cc2C(N=CNC#N)C1O. The molecule has 0 aliphatic carbocycles. The van der Waals surface area contributed by atoms with Gasteiger partial charge in [0.05, 0.1) is 18.0 Å². The van der Waals surface area contributed by atoms with E-state index in [4.69, 9.17) is 15.3 Å². The number of ether oxygens (including phenoxy) is 1. The molecule has 20 heavy (non-hydrogen) atoms. The van der Waals surface area contributed by atoms with Gasteiger partial charge in [0.15, 0.2) is 6.19 Å². The first kappa shape index (κ1) is 13.9. The average Bonchev–Trinajstić information content (AvgIpc) is 2.42. The van der Waals surface area contributed by atoms with E-state index in [2.05, 4.69) is 10.3 Å². The minimum atomic E-state index is -0.888. The van der Waals surface area contributed by atoms with Crippen LogP contribution in [0.1, 0.15) is 31.0 Å². The van der Waals surface area contributed by atoms with Crippen molar-refractivity contribution < 1.29 is 9.84 Å². The second-order valence-corrected chi connectivity index (χ2v) is 4.99. The maximum atomic E-state index is 10.4. The molecule has 6 heteroatoms. The summed E-state index contributed by atoms with van der Waals surface area (Å²) in [5, 5.41) is 30.1. The number of nitrogens with zero attached hydrogens (tertiary/aromatic N) is 3. The molecule has 1 aliphatic rings. The summed E-state index contributed by atoms with van der Waals surface area (Å²) in [5.41, 5.74) is 0.287. The van der Waals surface area contributed by atoms with Crippen LogP contribution in [0.3, 0.4) is 0 Å². The van der Waals surface area contributed by atoms with Crippen molar-refractivity contribution >= 4 is 6.34 Å². The Kier molecular flexibility index (Phi) is 3.60. The first-order valence-corrected chi connectivity index (χ1v) is 6.07. The number of aliphatic hydroxyl groups excluding tert-OH is 1. The van der Waals surface area contributed by atoms with Gasteiger partial charge in [-0.3, -0.25) is 10.3 Å². The summed E-state index contributed by atoms with van der Waals surface area (Å²) in [5.74, 6) is 0.582. The van der Waals surface area contributed by atoms with Crippen molar-refractivity contribution in [2.45, 2.75) is 31.6 Å². The Labute approximate surface area is 116 Å². The summed E-state index contributed by atoms with van der Waals surface area (Å²) in [6, 6.07) is 6.44. The van der Waals surface area contributed by atoms with E-state index in [1.54, 1.807) is 38.2 Å². The number of fused-ring (bicyclic) bond motifs is 1. The Balaban J connectivity index is 2.49. The van der Waals surface area contributed by atoms with Gasteiger partial charge in [0.1, 0.15) is 23.5 Å². The van der Waals surface area contributed by atoms with E-state index < -0.39 is 17.7 Å². The predicted molar refractivity (Wildman–Crippen MR) is 71.9 cm³/mol. The molecular weight excluding hydrogens is 256 g/mol. The lowest BCUT2D eigenvalue weighted by Gasteiger charge is -2.40. The number of nitriles is 2. The molecule has 2 N–H and O–H groups in total. The molecule has 0 bridgehead atoms. The van der Waals surface area contributed by atoms with Gasteiger partial charge >= 0.3 is 0 Å². The highest BCUT2D eigenvalue weighted by Crippen LogP contribution is 2.41. The molecule has 1 aromatic rings. The fourth-order valence-corrected chi connectivity index (χ4v) is 2.14. The van der Waals surface area contributed by atoms with Crippen LogP contribution in [0.5, 0.6) is 5.75 Å². The number of hydrogen-bond acceptors (Lipinski definition) is 5. The van der Waals surface area contributed by atoms with Gasteiger partial charge in [-0.05, 0) is 32.0 Å². The monoisotopic (exact) mass is 270 g/mol. The minimum Gasteiger partial charge on any atom is -0.485 e. The Hall–Kier alpha value is -2.57. The number of aliphatic hydroxyl groups is 1. The van der Waals surface area contributed by atoms with Gasteiger partial charge in [0.25, 0.3) is 0 Å². The van der Waals surface area contributed by atoms with Crippen molar-refractivity contribution in [3.63, 3.8) is 0 Å². The van der Waals surface area contributed by atoms with Crippen LogP contribution >= 0.6 is 0 Å². The maximum absolute atomic E-state index is 10.4. The second-order valence-electron chi connectivity index (χ2n) is 4.99. The van der Waals surface area contributed by atoms with Gasteiger partial charge in [0, 0.05) is 5.56 Å². The number of rotatable bonds is 2. The van der Waals surface area contributed by atoms with Crippen LogP contribution in [-0.4, -0.2) is 23.2 Å². The molecule has 2 unspecified atom stereocenters. The Morgan fingerprint density at radius 1 is 1.45 bits per heavy atom. The Bertz CT molecular complexity index is 625. The van der Waals surface area contributed by atoms with Gasteiger partial charge < -0.3 is 9.84 Å². The fourth-order valence-electron chi connectivity index (χ4n) is 2.14. The minimum absolute atomic E-state index is 0.465. The van der Waals surface area contributed by atoms with Gasteiger partial charge in [-0.1, -0.05) is 0 Å². The number of nitrogens with one attached hydrogen (secondary N) is 1. The van der Waals surface area contributed by atoms with Gasteiger partial charge in [-0.2, -0.15) is 10.5 Å². The summed E-state index contributed by atoms with van der Waals surface area (Å²) in [6.07, 6.45) is 2.07. The van der Waals surface area contributed by atoms with E-state index in [1.807, 2.05) is 6.07 Å². The van der Waals surface area contributed by atoms with Crippen molar-refractivity contribution in [1.29, 1.82) is 10.5 Å². The lowest BCUT2D eigenvalue weighted by atomic mass is 9.86. The zero-order valence-corrected chi connectivity index (χ0v) is 11.2. The van der Waals surface area contributed by atoms with Crippen LogP contribution in [0.4, 0.5) is 0 Å². The highest BCUT2D eigenvalue weighted by molar-refractivity contribution is 5.58. The summed E-state index contributed by atoms with van der Waals surface area (Å²) in [6.45, 7) is 3.53. The van der Waals surface area contributed by atoms with E-state index in [0.29, 0.717) is 16.9 Å². The molecule has 1 heterocycles. The normalized spacial score (nSPS) is 23.2. The van der Waals surface area contributed by atoms with E-state index in [9.17, 15) is 5.11 Å². The van der Waals surface area contributed by atoms with Crippen LogP contribution in [0.25, 0.3) is 0 Å². The van der Waals surface area contributed by atoms with Crippen LogP contribution in [-0.2, 0) is 0 Å². The summed E-state index contributed by atoms with van der Waals surface area (Å²) in [7, 11) is 0. The van der Waals surface area contributed by atoms with E-state index in [1.165, 1.54) is 6.34 Å². The molecule has 6 nitrogen and oxygen atoms in total. The molecule has 102 valence electrons.